The normalized spacial score (nSPS) is 14.7. The maximum atomic E-state index is 12.7. The van der Waals surface area contributed by atoms with Crippen LogP contribution in [0.15, 0.2) is 85.3 Å². The van der Waals surface area contributed by atoms with E-state index in [1.165, 1.54) is 0 Å². The lowest BCUT2D eigenvalue weighted by atomic mass is 9.71. The van der Waals surface area contributed by atoms with Crippen molar-refractivity contribution < 1.29 is 12.4 Å². The number of alkyl carbamates (subject to hydrolysis) is 1. The molecule has 9 nitrogen and oxygen atoms in total. The number of ether oxygens (including phenoxy) is 1. The Kier molecular flexibility index (Phi) is 6.04. The molecule has 0 spiro atoms. The van der Waals surface area contributed by atoms with Crippen molar-refractivity contribution in [2.75, 3.05) is 5.32 Å². The van der Waals surface area contributed by atoms with Gasteiger partial charge in [0.05, 0.1) is 40.7 Å². The van der Waals surface area contributed by atoms with Gasteiger partial charge < -0.3 is 15.4 Å². The number of hydrogen-bond donors (Lipinski definition) is 2. The summed E-state index contributed by atoms with van der Waals surface area (Å²) < 4.78 is 7.76. The summed E-state index contributed by atoms with van der Waals surface area (Å²) in [4.78, 5) is 22.6. The van der Waals surface area contributed by atoms with Gasteiger partial charge in [0.15, 0.2) is 5.82 Å². The number of carbonyl (C=O) groups is 1. The number of imidazole rings is 1. The number of aromatic nitrogens is 5. The summed E-state index contributed by atoms with van der Waals surface area (Å²) >= 11 is 0. The fourth-order valence-corrected chi connectivity index (χ4v) is 5.78. The molecule has 214 valence electrons. The fraction of sp³-hybridized carbons (Fsp3) is 0.242. The lowest BCUT2D eigenvalue weighted by molar-refractivity contribution is 0.0377. The van der Waals surface area contributed by atoms with Crippen LogP contribution < -0.4 is 10.6 Å². The topological polar surface area (TPSA) is 107 Å². The van der Waals surface area contributed by atoms with Gasteiger partial charge in [-0.2, -0.15) is 10.2 Å². The van der Waals surface area contributed by atoms with Crippen molar-refractivity contribution in [1.29, 1.82) is 0 Å². The Morgan fingerprint density at radius 3 is 2.50 bits per heavy atom. The Bertz CT molecular complexity index is 1800. The van der Waals surface area contributed by atoms with E-state index in [1.54, 1.807) is 18.6 Å². The highest BCUT2D eigenvalue weighted by atomic mass is 16.6. The maximum Gasteiger partial charge on any atom is 0.408 e. The standard InChI is InChI=1S/C33H31N7O2.2H2/c1-32(2,3)42-31(41)39-33(16-7-17-33)23-13-11-21(12-14-23)28-27(22-15-19-35-36-20-22)38-30-24-8-4-5-9-25(24)37-29-26(40(28)30)10-6-18-34-29;;/h4-6,8-15,18-20H,7,16-17H2,1-3H3,(H,34,37)(H,39,41);2*1H. The third-order valence-electron chi connectivity index (χ3n) is 7.84. The second kappa shape index (κ2) is 9.80. The number of pyridine rings is 1. The summed E-state index contributed by atoms with van der Waals surface area (Å²) in [7, 11) is 0. The van der Waals surface area contributed by atoms with Crippen LogP contribution >= 0.6 is 0 Å². The molecule has 2 N–H and O–H groups in total. The van der Waals surface area contributed by atoms with Crippen LogP contribution in [0.2, 0.25) is 0 Å². The van der Waals surface area contributed by atoms with Gasteiger partial charge in [0.1, 0.15) is 11.4 Å². The van der Waals surface area contributed by atoms with E-state index in [0.29, 0.717) is 0 Å². The third kappa shape index (κ3) is 4.47. The van der Waals surface area contributed by atoms with E-state index in [2.05, 4.69) is 60.7 Å². The molecule has 7 rings (SSSR count). The summed E-state index contributed by atoms with van der Waals surface area (Å²) in [5, 5.41) is 14.8. The number of anilines is 2. The predicted molar refractivity (Wildman–Crippen MR) is 166 cm³/mol. The first-order valence-corrected chi connectivity index (χ1v) is 14.2. The Labute approximate surface area is 247 Å². The molecule has 2 aromatic carbocycles. The average Bonchev–Trinajstić information content (AvgIpc) is 3.29. The van der Waals surface area contributed by atoms with E-state index in [-0.39, 0.29) is 2.85 Å². The zero-order valence-corrected chi connectivity index (χ0v) is 23.8. The molecule has 1 fully saturated rings. The Balaban J connectivity index is 0.00000192. The van der Waals surface area contributed by atoms with Gasteiger partial charge in [-0.1, -0.05) is 36.4 Å². The maximum absolute atomic E-state index is 12.7. The molecule has 4 heterocycles. The van der Waals surface area contributed by atoms with Crippen molar-refractivity contribution in [3.63, 3.8) is 0 Å². The number of carbonyl (C=O) groups excluding carboxylic acids is 1. The number of nitrogens with one attached hydrogen (secondary N) is 2. The summed E-state index contributed by atoms with van der Waals surface area (Å²) in [6.07, 6.45) is 7.59. The summed E-state index contributed by atoms with van der Waals surface area (Å²) in [5.74, 6) is 1.55. The second-order valence-electron chi connectivity index (χ2n) is 11.8. The number of benzene rings is 2. The second-order valence-corrected chi connectivity index (χ2v) is 11.8. The van der Waals surface area contributed by atoms with Crippen molar-refractivity contribution in [1.82, 2.24) is 30.0 Å². The highest BCUT2D eigenvalue weighted by Gasteiger charge is 2.41. The van der Waals surface area contributed by atoms with Crippen LogP contribution in [-0.4, -0.2) is 36.4 Å². The highest BCUT2D eigenvalue weighted by Crippen LogP contribution is 2.46. The van der Waals surface area contributed by atoms with Gasteiger partial charge in [0.25, 0.3) is 0 Å². The van der Waals surface area contributed by atoms with Gasteiger partial charge in [0, 0.05) is 25.7 Å². The van der Waals surface area contributed by atoms with Crippen LogP contribution in [0.1, 0.15) is 48.5 Å². The molecule has 1 aliphatic carbocycles. The molecule has 1 amide bonds. The van der Waals surface area contributed by atoms with Gasteiger partial charge in [-0.25, -0.2) is 14.8 Å². The van der Waals surface area contributed by atoms with Crippen molar-refractivity contribution in [2.24, 2.45) is 0 Å². The number of amides is 1. The van der Waals surface area contributed by atoms with Gasteiger partial charge in [0.2, 0.25) is 0 Å². The number of nitrogens with zero attached hydrogens (tertiary/aromatic N) is 5. The van der Waals surface area contributed by atoms with Crippen molar-refractivity contribution in [3.05, 3.63) is 90.9 Å². The van der Waals surface area contributed by atoms with Crippen LogP contribution in [0.4, 0.5) is 16.3 Å². The minimum atomic E-state index is -0.560. The van der Waals surface area contributed by atoms with E-state index >= 15 is 0 Å². The van der Waals surface area contributed by atoms with Gasteiger partial charge >= 0.3 is 6.09 Å². The molecule has 0 atom stereocenters. The molecule has 2 aliphatic rings. The van der Waals surface area contributed by atoms with Crippen LogP contribution in [-0.2, 0) is 10.3 Å². The molecule has 1 aliphatic heterocycles. The minimum Gasteiger partial charge on any atom is -0.444 e. The third-order valence-corrected chi connectivity index (χ3v) is 7.84. The molecule has 3 aromatic heterocycles. The quantitative estimate of drug-likeness (QED) is 0.229. The first kappa shape index (κ1) is 25.9. The van der Waals surface area contributed by atoms with Crippen LogP contribution in [0.25, 0.3) is 39.6 Å². The number of hydrogen-bond acceptors (Lipinski definition) is 7. The van der Waals surface area contributed by atoms with E-state index in [9.17, 15) is 4.79 Å². The zero-order valence-electron chi connectivity index (χ0n) is 23.8. The molecule has 0 saturated heterocycles. The van der Waals surface area contributed by atoms with Crippen LogP contribution in [0, 0.1) is 0 Å². The molecule has 0 unspecified atom stereocenters. The number of para-hydroxylation sites is 1. The fourth-order valence-electron chi connectivity index (χ4n) is 5.78. The molecular formula is C33H35N7O2. The molecule has 0 bridgehead atoms. The predicted octanol–water partition coefficient (Wildman–Crippen LogP) is 7.51. The molecule has 9 heteroatoms. The van der Waals surface area contributed by atoms with Crippen molar-refractivity contribution in [2.45, 2.75) is 51.2 Å². The lowest BCUT2D eigenvalue weighted by Crippen LogP contribution is -2.52. The summed E-state index contributed by atoms with van der Waals surface area (Å²) in [5.41, 5.74) is 6.41. The molecule has 0 radical (unpaired) electrons. The zero-order chi connectivity index (χ0) is 28.9. The van der Waals surface area contributed by atoms with Crippen LogP contribution in [0.3, 0.4) is 0 Å². The van der Waals surface area contributed by atoms with Crippen molar-refractivity contribution in [3.8, 4) is 39.6 Å². The number of rotatable bonds is 4. The summed E-state index contributed by atoms with van der Waals surface area (Å²) in [6.45, 7) is 5.63. The van der Waals surface area contributed by atoms with E-state index in [4.69, 9.17) is 9.72 Å². The average molecular weight is 562 g/mol. The highest BCUT2D eigenvalue weighted by molar-refractivity contribution is 5.90. The largest absolute Gasteiger partial charge is 0.444 e. The number of fused-ring (bicyclic) bond motifs is 5. The Morgan fingerprint density at radius 2 is 1.79 bits per heavy atom. The molecule has 42 heavy (non-hydrogen) atoms. The van der Waals surface area contributed by atoms with Gasteiger partial charge in [-0.05, 0) is 75.9 Å². The smallest absolute Gasteiger partial charge is 0.408 e. The van der Waals surface area contributed by atoms with Gasteiger partial charge in [-0.3, -0.25) is 4.57 Å². The lowest BCUT2D eigenvalue weighted by Gasteiger charge is -2.43. The van der Waals surface area contributed by atoms with E-state index in [1.807, 2.05) is 57.2 Å². The molecule has 5 aromatic rings. The monoisotopic (exact) mass is 561 g/mol. The first-order valence-electron chi connectivity index (χ1n) is 14.2. The van der Waals surface area contributed by atoms with Crippen molar-refractivity contribution >= 4 is 17.6 Å². The van der Waals surface area contributed by atoms with E-state index < -0.39 is 17.2 Å². The Hall–Kier alpha value is -5.05. The summed E-state index contributed by atoms with van der Waals surface area (Å²) in [6, 6.07) is 22.5. The minimum absolute atomic E-state index is 0. The van der Waals surface area contributed by atoms with Gasteiger partial charge in [-0.15, -0.1) is 0 Å². The van der Waals surface area contributed by atoms with Crippen LogP contribution in [0.5, 0.6) is 0 Å². The Morgan fingerprint density at radius 1 is 0.976 bits per heavy atom. The molecule has 1 saturated carbocycles. The SMILES string of the molecule is CC(C)(C)OC(=O)NC1(c2ccc(-c3c(-c4ccnnc4)nc4n3-c3cccnc3Nc3ccccc3-4)cc2)CCC1.[HH].[HH]. The first-order chi connectivity index (χ1) is 20.3. The van der Waals surface area contributed by atoms with E-state index in [0.717, 1.165) is 75.9 Å². The molecular weight excluding hydrogens is 526 g/mol.